The molecule has 29 heavy (non-hydrogen) atoms. The second-order valence-corrected chi connectivity index (χ2v) is 7.56. The number of aromatic nitrogens is 2. The van der Waals surface area contributed by atoms with Crippen molar-refractivity contribution in [1.29, 1.82) is 0 Å². The highest BCUT2D eigenvalue weighted by Gasteiger charge is 2.14. The minimum atomic E-state index is -0.283. The van der Waals surface area contributed by atoms with Gasteiger partial charge in [-0.2, -0.15) is 4.98 Å². The predicted octanol–water partition coefficient (Wildman–Crippen LogP) is 5.09. The van der Waals surface area contributed by atoms with Crippen molar-refractivity contribution >= 4 is 56.1 Å². The smallest absolute Gasteiger partial charge is 0.257 e. The quantitative estimate of drug-likeness (QED) is 0.409. The Morgan fingerprint density at radius 3 is 2.66 bits per heavy atom. The average Bonchev–Trinajstić information content (AvgIpc) is 3.14. The monoisotopic (exact) mass is 466 g/mol. The van der Waals surface area contributed by atoms with Gasteiger partial charge in [-0.25, -0.2) is 4.98 Å². The van der Waals surface area contributed by atoms with E-state index in [1.165, 1.54) is 0 Å². The minimum absolute atomic E-state index is 0.206. The first-order chi connectivity index (χ1) is 14.0. The lowest BCUT2D eigenvalue weighted by molar-refractivity contribution is 0.0977. The van der Waals surface area contributed by atoms with E-state index in [2.05, 4.69) is 36.5 Å². The summed E-state index contributed by atoms with van der Waals surface area (Å²) in [5.74, 6) is 0.193. The lowest BCUT2D eigenvalue weighted by Gasteiger charge is -2.13. The van der Waals surface area contributed by atoms with Gasteiger partial charge in [-0.3, -0.25) is 10.1 Å². The molecule has 4 rings (SSSR count). The third-order valence-electron chi connectivity index (χ3n) is 4.31. The van der Waals surface area contributed by atoms with Crippen LogP contribution in [-0.2, 0) is 0 Å². The molecule has 144 valence electrons. The Morgan fingerprint density at radius 1 is 1.10 bits per heavy atom. The van der Waals surface area contributed by atoms with Crippen molar-refractivity contribution in [1.82, 2.24) is 15.3 Å². The number of fused-ring (bicyclic) bond motifs is 1. The fourth-order valence-corrected chi connectivity index (χ4v) is 3.28. The van der Waals surface area contributed by atoms with E-state index in [0.29, 0.717) is 22.7 Å². The number of benzene rings is 2. The molecule has 0 atom stereocenters. The third-order valence-corrected chi connectivity index (χ3v) is 5.04. The molecular formula is C21H15BrN4O2S. The Kier molecular flexibility index (Phi) is 5.37. The maximum Gasteiger partial charge on any atom is 0.257 e. The molecule has 0 spiro atoms. The van der Waals surface area contributed by atoms with Gasteiger partial charge in [0.25, 0.3) is 5.91 Å². The molecule has 1 amide bonds. The number of carbonyl (C=O) groups excluding carboxylic acids is 1. The van der Waals surface area contributed by atoms with E-state index in [4.69, 9.17) is 16.6 Å². The molecule has 0 bridgehead atoms. The molecule has 0 unspecified atom stereocenters. The summed E-state index contributed by atoms with van der Waals surface area (Å²) in [6.45, 7) is 1.93. The molecule has 0 saturated heterocycles. The summed E-state index contributed by atoms with van der Waals surface area (Å²) < 4.78 is 6.72. The maximum absolute atomic E-state index is 12.3. The molecule has 4 aromatic rings. The van der Waals surface area contributed by atoms with E-state index in [-0.39, 0.29) is 11.0 Å². The predicted molar refractivity (Wildman–Crippen MR) is 120 cm³/mol. The molecule has 0 aliphatic carbocycles. The number of halogens is 1. The van der Waals surface area contributed by atoms with Gasteiger partial charge in [0.2, 0.25) is 5.89 Å². The van der Waals surface area contributed by atoms with Crippen LogP contribution in [0.25, 0.3) is 22.7 Å². The molecule has 2 aromatic heterocycles. The Morgan fingerprint density at radius 2 is 1.90 bits per heavy atom. The average molecular weight is 467 g/mol. The van der Waals surface area contributed by atoms with E-state index in [9.17, 15) is 4.79 Å². The van der Waals surface area contributed by atoms with Crippen LogP contribution in [0.4, 0.5) is 5.69 Å². The first-order valence-corrected chi connectivity index (χ1v) is 9.91. The van der Waals surface area contributed by atoms with Crippen LogP contribution in [-0.4, -0.2) is 21.0 Å². The number of anilines is 1. The van der Waals surface area contributed by atoms with Gasteiger partial charge in [0.1, 0.15) is 0 Å². The Labute approximate surface area is 180 Å². The fraction of sp³-hybridized carbons (Fsp3) is 0.0476. The number of carbonyl (C=O) groups is 1. The van der Waals surface area contributed by atoms with Gasteiger partial charge in [0.05, 0.1) is 0 Å². The maximum atomic E-state index is 12.3. The Bertz CT molecular complexity index is 1190. The normalized spacial score (nSPS) is 10.7. The Hall–Kier alpha value is -3.10. The van der Waals surface area contributed by atoms with Gasteiger partial charge in [0.15, 0.2) is 16.3 Å². The largest absolute Gasteiger partial charge is 0.434 e. The fourth-order valence-electron chi connectivity index (χ4n) is 2.82. The van der Waals surface area contributed by atoms with Gasteiger partial charge in [-0.1, -0.05) is 22.0 Å². The first kappa shape index (κ1) is 19.2. The van der Waals surface area contributed by atoms with Crippen molar-refractivity contribution in [3.8, 4) is 11.5 Å². The molecule has 2 aromatic carbocycles. The number of hydrogen-bond acceptors (Lipinski definition) is 5. The molecule has 0 radical (unpaired) electrons. The van der Waals surface area contributed by atoms with E-state index >= 15 is 0 Å². The van der Waals surface area contributed by atoms with Crippen LogP contribution in [0.2, 0.25) is 0 Å². The summed E-state index contributed by atoms with van der Waals surface area (Å²) in [5.41, 5.74) is 4.14. The lowest BCUT2D eigenvalue weighted by Crippen LogP contribution is -2.34. The number of oxazole rings is 1. The van der Waals surface area contributed by atoms with Crippen molar-refractivity contribution in [2.75, 3.05) is 5.32 Å². The first-order valence-electron chi connectivity index (χ1n) is 8.71. The molecule has 2 heterocycles. The number of thiocarbonyl (C=S) groups is 1. The molecular weight excluding hydrogens is 452 g/mol. The van der Waals surface area contributed by atoms with Crippen molar-refractivity contribution in [3.63, 3.8) is 0 Å². The summed E-state index contributed by atoms with van der Waals surface area (Å²) in [7, 11) is 0. The van der Waals surface area contributed by atoms with Crippen molar-refractivity contribution in [2.45, 2.75) is 6.92 Å². The van der Waals surface area contributed by atoms with Gasteiger partial charge in [-0.15, -0.1) is 0 Å². The van der Waals surface area contributed by atoms with Crippen LogP contribution in [0.1, 0.15) is 15.9 Å². The molecule has 6 nitrogen and oxygen atoms in total. The number of amides is 1. The van der Waals surface area contributed by atoms with E-state index in [0.717, 1.165) is 21.3 Å². The number of nitrogens with one attached hydrogen (secondary N) is 2. The molecule has 0 fully saturated rings. The summed E-state index contributed by atoms with van der Waals surface area (Å²) in [5, 5.41) is 5.97. The number of pyridine rings is 1. The van der Waals surface area contributed by atoms with Crippen LogP contribution in [0.15, 0.2) is 69.7 Å². The Balaban J connectivity index is 1.53. The highest BCUT2D eigenvalue weighted by atomic mass is 79.9. The molecule has 2 N–H and O–H groups in total. The highest BCUT2D eigenvalue weighted by Crippen LogP contribution is 2.29. The highest BCUT2D eigenvalue weighted by molar-refractivity contribution is 9.10. The topological polar surface area (TPSA) is 80.0 Å². The number of rotatable bonds is 3. The zero-order valence-corrected chi connectivity index (χ0v) is 17.7. The second kappa shape index (κ2) is 8.10. The summed E-state index contributed by atoms with van der Waals surface area (Å²) in [6.07, 6.45) is 1.67. The molecule has 0 aliphatic rings. The van der Waals surface area contributed by atoms with Crippen molar-refractivity contribution in [3.05, 3.63) is 76.4 Å². The van der Waals surface area contributed by atoms with Gasteiger partial charge in [-0.05, 0) is 73.2 Å². The van der Waals surface area contributed by atoms with E-state index in [1.807, 2.05) is 31.2 Å². The number of nitrogens with zero attached hydrogens (tertiary/aromatic N) is 2. The van der Waals surface area contributed by atoms with E-state index < -0.39 is 0 Å². The van der Waals surface area contributed by atoms with Crippen molar-refractivity contribution in [2.24, 2.45) is 0 Å². The van der Waals surface area contributed by atoms with Crippen molar-refractivity contribution < 1.29 is 9.21 Å². The zero-order chi connectivity index (χ0) is 20.4. The van der Waals surface area contributed by atoms with Crippen LogP contribution >= 0.6 is 28.1 Å². The summed E-state index contributed by atoms with van der Waals surface area (Å²) in [6, 6.07) is 16.3. The van der Waals surface area contributed by atoms with E-state index in [1.54, 1.807) is 36.5 Å². The van der Waals surface area contributed by atoms with Gasteiger partial charge in [0, 0.05) is 27.5 Å². The lowest BCUT2D eigenvalue weighted by atomic mass is 10.1. The zero-order valence-electron chi connectivity index (χ0n) is 15.3. The molecule has 0 aliphatic heterocycles. The molecule has 8 heteroatoms. The summed E-state index contributed by atoms with van der Waals surface area (Å²) in [4.78, 5) is 21.0. The second-order valence-electron chi connectivity index (χ2n) is 6.24. The third kappa shape index (κ3) is 4.18. The molecule has 0 saturated carbocycles. The van der Waals surface area contributed by atoms with Crippen LogP contribution in [0, 0.1) is 6.92 Å². The van der Waals surface area contributed by atoms with Crippen LogP contribution in [0.5, 0.6) is 0 Å². The SMILES string of the molecule is Cc1c(NC(=S)NC(=O)c2ccc(Br)cc2)cccc1-c1nc2ncccc2o1. The minimum Gasteiger partial charge on any atom is -0.434 e. The standard InChI is InChI=1S/C21H15BrN4O2S/c1-12-15(20-25-18-17(28-20)6-3-11-23-18)4-2-5-16(12)24-21(29)26-19(27)13-7-9-14(22)10-8-13/h2-11H,1H3,(H2,24,26,27,29). The van der Waals surface area contributed by atoms with Gasteiger partial charge < -0.3 is 9.73 Å². The number of hydrogen-bond donors (Lipinski definition) is 2. The summed E-state index contributed by atoms with van der Waals surface area (Å²) >= 11 is 8.66. The van der Waals surface area contributed by atoms with Gasteiger partial charge >= 0.3 is 0 Å². The van der Waals surface area contributed by atoms with Crippen LogP contribution in [0.3, 0.4) is 0 Å². The van der Waals surface area contributed by atoms with Crippen LogP contribution < -0.4 is 10.6 Å².